The van der Waals surface area contributed by atoms with Gasteiger partial charge < -0.3 is 0 Å². The zero-order valence-electron chi connectivity index (χ0n) is 13.0. The third kappa shape index (κ3) is 4.10. The van der Waals surface area contributed by atoms with Gasteiger partial charge in [-0.05, 0) is 24.6 Å². The van der Waals surface area contributed by atoms with Crippen molar-refractivity contribution >= 4 is 11.6 Å². The molecule has 2 aromatic rings. The molecule has 0 aliphatic heterocycles. The first-order valence-electron chi connectivity index (χ1n) is 7.37. The van der Waals surface area contributed by atoms with E-state index in [4.69, 9.17) is 0 Å². The maximum atomic E-state index is 13.4. The fourth-order valence-electron chi connectivity index (χ4n) is 2.74. The number of rotatable bonds is 7. The van der Waals surface area contributed by atoms with Crippen molar-refractivity contribution in [2.24, 2.45) is 5.92 Å². The predicted octanol–water partition coefficient (Wildman–Crippen LogP) is 3.27. The van der Waals surface area contributed by atoms with Crippen molar-refractivity contribution in [3.8, 4) is 0 Å². The molecule has 2 atom stereocenters. The number of carbonyl (C=O) groups excluding carboxylic acids is 2. The average Bonchev–Trinajstić information content (AvgIpc) is 2.54. The van der Waals surface area contributed by atoms with Crippen molar-refractivity contribution in [2.75, 3.05) is 6.54 Å². The van der Waals surface area contributed by atoms with Crippen LogP contribution in [0, 0.1) is 21.8 Å². The first-order chi connectivity index (χ1) is 11.4. The predicted molar refractivity (Wildman–Crippen MR) is 85.9 cm³/mol. The van der Waals surface area contributed by atoms with Gasteiger partial charge in [-0.2, -0.15) is 0 Å². The van der Waals surface area contributed by atoms with Gasteiger partial charge >= 0.3 is 0 Å². The van der Waals surface area contributed by atoms with Crippen LogP contribution in [0.25, 0.3) is 0 Å². The first-order valence-corrected chi connectivity index (χ1v) is 7.37. The molecule has 1 unspecified atom stereocenters. The van der Waals surface area contributed by atoms with Gasteiger partial charge in [-0.25, -0.2) is 4.39 Å². The van der Waals surface area contributed by atoms with Crippen molar-refractivity contribution in [3.05, 3.63) is 81.7 Å². The Morgan fingerprint density at radius 2 is 1.79 bits per heavy atom. The summed E-state index contributed by atoms with van der Waals surface area (Å²) in [4.78, 5) is 35.3. The lowest BCUT2D eigenvalue weighted by Gasteiger charge is -2.21. The summed E-state index contributed by atoms with van der Waals surface area (Å²) in [6.07, 6.45) is 0. The fraction of sp³-hybridized carbons (Fsp3) is 0.222. The highest BCUT2D eigenvalue weighted by Gasteiger charge is 2.37. The average molecular weight is 329 g/mol. The Morgan fingerprint density at radius 3 is 2.33 bits per heavy atom. The van der Waals surface area contributed by atoms with E-state index in [9.17, 15) is 24.1 Å². The molecule has 0 fully saturated rings. The van der Waals surface area contributed by atoms with E-state index in [2.05, 4.69) is 0 Å². The molecule has 24 heavy (non-hydrogen) atoms. The monoisotopic (exact) mass is 329 g/mol. The quantitative estimate of drug-likeness (QED) is 0.338. The smallest absolute Gasteiger partial charge is 0.211 e. The van der Waals surface area contributed by atoms with E-state index >= 15 is 0 Å². The van der Waals surface area contributed by atoms with Gasteiger partial charge in [-0.15, -0.1) is 0 Å². The van der Waals surface area contributed by atoms with Crippen LogP contribution < -0.4 is 0 Å². The third-order valence-corrected chi connectivity index (χ3v) is 3.81. The van der Waals surface area contributed by atoms with Gasteiger partial charge in [-0.3, -0.25) is 19.7 Å². The molecule has 0 radical (unpaired) electrons. The van der Waals surface area contributed by atoms with Crippen LogP contribution in [0.15, 0.2) is 54.6 Å². The summed E-state index contributed by atoms with van der Waals surface area (Å²) in [7, 11) is 0. The minimum Gasteiger partial charge on any atom is -0.299 e. The topological polar surface area (TPSA) is 77.3 Å². The van der Waals surface area contributed by atoms with Crippen molar-refractivity contribution < 1.29 is 18.9 Å². The van der Waals surface area contributed by atoms with Gasteiger partial charge in [0.2, 0.25) is 6.54 Å². The first kappa shape index (κ1) is 17.5. The van der Waals surface area contributed by atoms with Crippen molar-refractivity contribution in [1.82, 2.24) is 0 Å². The molecule has 0 amide bonds. The Labute approximate surface area is 138 Å². The van der Waals surface area contributed by atoms with Crippen molar-refractivity contribution in [2.45, 2.75) is 12.8 Å². The molecule has 0 saturated heterocycles. The Hall–Kier alpha value is -2.89. The Kier molecular flexibility index (Phi) is 5.52. The highest BCUT2D eigenvalue weighted by atomic mass is 19.1. The number of halogens is 1. The maximum Gasteiger partial charge on any atom is 0.211 e. The van der Waals surface area contributed by atoms with Crippen molar-refractivity contribution in [1.29, 1.82) is 0 Å². The lowest BCUT2D eigenvalue weighted by molar-refractivity contribution is -0.484. The van der Waals surface area contributed by atoms with Crippen LogP contribution in [0.3, 0.4) is 0 Å². The van der Waals surface area contributed by atoms with Gasteiger partial charge in [-0.1, -0.05) is 42.5 Å². The second-order valence-electron chi connectivity index (χ2n) is 5.50. The summed E-state index contributed by atoms with van der Waals surface area (Å²) in [5, 5.41) is 11.0. The van der Waals surface area contributed by atoms with E-state index in [1.54, 1.807) is 30.3 Å². The summed E-state index contributed by atoms with van der Waals surface area (Å²) in [5.74, 6) is -3.85. The number of carbonyl (C=O) groups is 2. The molecule has 2 aromatic carbocycles. The summed E-state index contributed by atoms with van der Waals surface area (Å²) in [6, 6.07) is 13.4. The van der Waals surface area contributed by atoms with Crippen molar-refractivity contribution in [3.63, 3.8) is 0 Å². The molecule has 0 spiro atoms. The normalized spacial score (nSPS) is 13.1. The molecule has 0 aliphatic rings. The SMILES string of the molecule is CC(=O)C(C(=O)c1cccc(F)c1)[C@H](C[N+](=O)[O-])c1ccccc1. The zero-order chi connectivity index (χ0) is 17.7. The molecular weight excluding hydrogens is 313 g/mol. The number of benzene rings is 2. The molecule has 0 aromatic heterocycles. The highest BCUT2D eigenvalue weighted by molar-refractivity contribution is 6.10. The molecule has 0 aliphatic carbocycles. The number of hydrogen-bond donors (Lipinski definition) is 0. The molecule has 6 heteroatoms. The molecule has 124 valence electrons. The number of hydrogen-bond acceptors (Lipinski definition) is 4. The number of Topliss-reactive ketones (excluding diaryl/α,β-unsaturated/α-hetero) is 2. The van der Waals surface area contributed by atoms with Crippen LogP contribution >= 0.6 is 0 Å². The van der Waals surface area contributed by atoms with Gasteiger partial charge in [0.05, 0.1) is 11.8 Å². The molecule has 0 heterocycles. The third-order valence-electron chi connectivity index (χ3n) is 3.81. The number of ketones is 2. The summed E-state index contributed by atoms with van der Waals surface area (Å²) in [6.45, 7) is 0.660. The number of nitrogens with zero attached hydrogens (tertiary/aromatic N) is 1. The van der Waals surface area contributed by atoms with Gasteiger partial charge in [0.1, 0.15) is 11.6 Å². The van der Waals surface area contributed by atoms with E-state index in [-0.39, 0.29) is 5.56 Å². The lowest BCUT2D eigenvalue weighted by Crippen LogP contribution is -2.33. The van der Waals surface area contributed by atoms with Gasteiger partial charge in [0.15, 0.2) is 5.78 Å². The van der Waals surface area contributed by atoms with E-state index in [1.807, 2.05) is 0 Å². The minimum absolute atomic E-state index is 0.0273. The lowest BCUT2D eigenvalue weighted by atomic mass is 9.79. The molecule has 0 N–H and O–H groups in total. The molecule has 5 nitrogen and oxygen atoms in total. The number of nitro groups is 1. The summed E-state index contributed by atoms with van der Waals surface area (Å²) >= 11 is 0. The van der Waals surface area contributed by atoms with Gasteiger partial charge in [0.25, 0.3) is 0 Å². The fourth-order valence-corrected chi connectivity index (χ4v) is 2.74. The Bertz CT molecular complexity index is 761. The van der Waals surface area contributed by atoms with Crippen LogP contribution in [-0.2, 0) is 4.79 Å². The van der Waals surface area contributed by atoms with Gasteiger partial charge in [0, 0.05) is 10.5 Å². The molecule has 0 bridgehead atoms. The van der Waals surface area contributed by atoms with E-state index < -0.39 is 40.7 Å². The summed E-state index contributed by atoms with van der Waals surface area (Å²) < 4.78 is 13.4. The second-order valence-corrected chi connectivity index (χ2v) is 5.50. The Balaban J connectivity index is 2.47. The van der Waals surface area contributed by atoms with Crippen LogP contribution in [0.5, 0.6) is 0 Å². The standard InChI is InChI=1S/C18H16FNO4/c1-12(21)17(18(22)14-8-5-9-15(19)10-14)16(11-20(23)24)13-6-3-2-4-7-13/h2-10,16-17H,11H2,1H3/t16-,17?/m1/s1. The molecular formula is C18H16FNO4. The largest absolute Gasteiger partial charge is 0.299 e. The highest BCUT2D eigenvalue weighted by Crippen LogP contribution is 2.29. The zero-order valence-corrected chi connectivity index (χ0v) is 13.0. The maximum absolute atomic E-state index is 13.4. The van der Waals surface area contributed by atoms with Crippen LogP contribution in [0.4, 0.5) is 4.39 Å². The molecule has 0 saturated carbocycles. The van der Waals surface area contributed by atoms with E-state index in [1.165, 1.54) is 25.1 Å². The second kappa shape index (κ2) is 7.59. The summed E-state index contributed by atoms with van der Waals surface area (Å²) in [5.41, 5.74) is 0.554. The van der Waals surface area contributed by atoms with E-state index in [0.717, 1.165) is 6.07 Å². The molecule has 2 rings (SSSR count). The van der Waals surface area contributed by atoms with Crippen LogP contribution in [0.1, 0.15) is 28.8 Å². The Morgan fingerprint density at radius 1 is 1.12 bits per heavy atom. The van der Waals surface area contributed by atoms with Crippen LogP contribution in [-0.4, -0.2) is 23.0 Å². The minimum atomic E-state index is -1.24. The van der Waals surface area contributed by atoms with Crippen LogP contribution in [0.2, 0.25) is 0 Å². The van der Waals surface area contributed by atoms with E-state index in [0.29, 0.717) is 5.56 Å².